The molecule has 0 radical (unpaired) electrons. The van der Waals surface area contributed by atoms with Crippen LogP contribution in [0.2, 0.25) is 0 Å². The first kappa shape index (κ1) is 9.77. The summed E-state index contributed by atoms with van der Waals surface area (Å²) in [6.45, 7) is 4.04. The van der Waals surface area contributed by atoms with Crippen molar-refractivity contribution in [3.63, 3.8) is 0 Å². The molecule has 3 heteroatoms. The van der Waals surface area contributed by atoms with E-state index < -0.39 is 0 Å². The normalized spacial score (nSPS) is 10.3. The van der Waals surface area contributed by atoms with Crippen molar-refractivity contribution >= 4 is 0 Å². The number of methoxy groups -OCH3 is 1. The Hall–Kier alpha value is -1.77. The van der Waals surface area contributed by atoms with Gasteiger partial charge in [-0.3, -0.25) is 0 Å². The van der Waals surface area contributed by atoms with Crippen LogP contribution in [-0.2, 0) is 0 Å². The minimum atomic E-state index is 0.679. The molecule has 0 aliphatic heterocycles. The van der Waals surface area contributed by atoms with Crippen molar-refractivity contribution in [2.45, 2.75) is 13.8 Å². The van der Waals surface area contributed by atoms with E-state index in [2.05, 4.69) is 11.9 Å². The first-order chi connectivity index (χ1) is 7.20. The van der Waals surface area contributed by atoms with Gasteiger partial charge in [0.1, 0.15) is 5.82 Å². The Labute approximate surface area is 89.3 Å². The van der Waals surface area contributed by atoms with Crippen LogP contribution in [0.1, 0.15) is 11.1 Å². The highest BCUT2D eigenvalue weighted by molar-refractivity contribution is 5.34. The van der Waals surface area contributed by atoms with Gasteiger partial charge in [-0.05, 0) is 31.5 Å². The summed E-state index contributed by atoms with van der Waals surface area (Å²) in [5.41, 5.74) is 2.27. The van der Waals surface area contributed by atoms with E-state index in [4.69, 9.17) is 4.74 Å². The van der Waals surface area contributed by atoms with E-state index in [1.165, 1.54) is 5.56 Å². The van der Waals surface area contributed by atoms with Gasteiger partial charge in [0, 0.05) is 18.0 Å². The third kappa shape index (κ3) is 1.86. The van der Waals surface area contributed by atoms with Crippen LogP contribution in [-0.4, -0.2) is 16.7 Å². The lowest BCUT2D eigenvalue weighted by Gasteiger charge is -2.06. The van der Waals surface area contributed by atoms with Crippen molar-refractivity contribution in [3.8, 4) is 11.7 Å². The summed E-state index contributed by atoms with van der Waals surface area (Å²) in [5.74, 6) is 1.56. The Balaban J connectivity index is 2.45. The molecule has 0 N–H and O–H groups in total. The summed E-state index contributed by atoms with van der Waals surface area (Å²) >= 11 is 0. The number of rotatable bonds is 2. The fourth-order valence-corrected chi connectivity index (χ4v) is 1.50. The average molecular weight is 202 g/mol. The minimum Gasteiger partial charge on any atom is -0.481 e. The zero-order chi connectivity index (χ0) is 10.8. The Morgan fingerprint density at radius 1 is 1.20 bits per heavy atom. The summed E-state index contributed by atoms with van der Waals surface area (Å²) < 4.78 is 7.17. The monoisotopic (exact) mass is 202 g/mol. The van der Waals surface area contributed by atoms with Crippen molar-refractivity contribution in [2.75, 3.05) is 7.11 Å². The van der Waals surface area contributed by atoms with Gasteiger partial charge in [0.15, 0.2) is 0 Å². The number of aryl methyl sites for hydroxylation is 2. The molecule has 2 heterocycles. The lowest BCUT2D eigenvalue weighted by atomic mass is 10.3. The molecule has 0 atom stereocenters. The molecule has 0 aliphatic carbocycles. The lowest BCUT2D eigenvalue weighted by Crippen LogP contribution is -1.98. The number of aromatic nitrogens is 2. The molecule has 0 amide bonds. The Bertz CT molecular complexity index is 474. The molecule has 0 saturated heterocycles. The molecule has 0 fully saturated rings. The van der Waals surface area contributed by atoms with E-state index in [0.717, 1.165) is 11.4 Å². The molecule has 15 heavy (non-hydrogen) atoms. The van der Waals surface area contributed by atoms with Gasteiger partial charge in [-0.25, -0.2) is 0 Å². The number of hydrogen-bond acceptors (Lipinski definition) is 2. The van der Waals surface area contributed by atoms with E-state index in [0.29, 0.717) is 5.88 Å². The van der Waals surface area contributed by atoms with Gasteiger partial charge < -0.3 is 9.30 Å². The van der Waals surface area contributed by atoms with Gasteiger partial charge in [0.2, 0.25) is 5.88 Å². The molecule has 0 spiro atoms. The standard InChI is InChI=1S/C12H14N2O/c1-9-6-7-14(8-9)11-5-4-10(2)12(13-11)15-3/h4-8H,1-3H3. The molecule has 0 aliphatic rings. The molecule has 0 saturated carbocycles. The highest BCUT2D eigenvalue weighted by Gasteiger charge is 2.03. The quantitative estimate of drug-likeness (QED) is 0.748. The van der Waals surface area contributed by atoms with Crippen LogP contribution in [0.25, 0.3) is 5.82 Å². The average Bonchev–Trinajstić information content (AvgIpc) is 2.66. The molecule has 78 valence electrons. The first-order valence-corrected chi connectivity index (χ1v) is 4.87. The lowest BCUT2D eigenvalue weighted by molar-refractivity contribution is 0.394. The summed E-state index contributed by atoms with van der Waals surface area (Å²) in [4.78, 5) is 4.42. The Morgan fingerprint density at radius 2 is 2.00 bits per heavy atom. The predicted molar refractivity (Wildman–Crippen MR) is 59.6 cm³/mol. The summed E-state index contributed by atoms with van der Waals surface area (Å²) in [5, 5.41) is 0. The van der Waals surface area contributed by atoms with Crippen LogP contribution < -0.4 is 4.74 Å². The van der Waals surface area contributed by atoms with E-state index in [1.807, 2.05) is 42.1 Å². The summed E-state index contributed by atoms with van der Waals surface area (Å²) in [6, 6.07) is 6.04. The number of ether oxygens (including phenoxy) is 1. The van der Waals surface area contributed by atoms with Gasteiger partial charge in [0.25, 0.3) is 0 Å². The van der Waals surface area contributed by atoms with Gasteiger partial charge in [-0.2, -0.15) is 4.98 Å². The minimum absolute atomic E-state index is 0.679. The maximum Gasteiger partial charge on any atom is 0.217 e. The zero-order valence-corrected chi connectivity index (χ0v) is 9.19. The van der Waals surface area contributed by atoms with Crippen LogP contribution in [0.4, 0.5) is 0 Å². The van der Waals surface area contributed by atoms with Crippen LogP contribution in [0.3, 0.4) is 0 Å². The van der Waals surface area contributed by atoms with E-state index in [1.54, 1.807) is 7.11 Å². The van der Waals surface area contributed by atoms with Crippen molar-refractivity contribution in [1.29, 1.82) is 0 Å². The van der Waals surface area contributed by atoms with Crippen molar-refractivity contribution in [2.24, 2.45) is 0 Å². The maximum absolute atomic E-state index is 5.19. The topological polar surface area (TPSA) is 27.1 Å². The van der Waals surface area contributed by atoms with E-state index in [9.17, 15) is 0 Å². The highest BCUT2D eigenvalue weighted by Crippen LogP contribution is 2.17. The second kappa shape index (κ2) is 3.77. The molecule has 2 rings (SSSR count). The maximum atomic E-state index is 5.19. The molecule has 3 nitrogen and oxygen atoms in total. The molecular weight excluding hydrogens is 188 g/mol. The Morgan fingerprint density at radius 3 is 2.60 bits per heavy atom. The molecular formula is C12H14N2O. The smallest absolute Gasteiger partial charge is 0.217 e. The number of nitrogens with zero attached hydrogens (tertiary/aromatic N) is 2. The SMILES string of the molecule is COc1nc(-n2ccc(C)c2)ccc1C. The van der Waals surface area contributed by atoms with Crippen LogP contribution in [0, 0.1) is 13.8 Å². The van der Waals surface area contributed by atoms with Gasteiger partial charge in [-0.1, -0.05) is 6.07 Å². The molecule has 0 unspecified atom stereocenters. The van der Waals surface area contributed by atoms with Gasteiger partial charge >= 0.3 is 0 Å². The van der Waals surface area contributed by atoms with Crippen molar-refractivity contribution < 1.29 is 4.74 Å². The van der Waals surface area contributed by atoms with Crippen molar-refractivity contribution in [1.82, 2.24) is 9.55 Å². The fraction of sp³-hybridized carbons (Fsp3) is 0.250. The summed E-state index contributed by atoms with van der Waals surface area (Å²) in [7, 11) is 1.64. The van der Waals surface area contributed by atoms with Crippen LogP contribution in [0.5, 0.6) is 5.88 Å². The highest BCUT2D eigenvalue weighted by atomic mass is 16.5. The van der Waals surface area contributed by atoms with Crippen molar-refractivity contribution in [3.05, 3.63) is 41.7 Å². The summed E-state index contributed by atoms with van der Waals surface area (Å²) in [6.07, 6.45) is 4.03. The van der Waals surface area contributed by atoms with Crippen LogP contribution in [0.15, 0.2) is 30.6 Å². The van der Waals surface area contributed by atoms with E-state index in [-0.39, 0.29) is 0 Å². The molecule has 0 bridgehead atoms. The fourth-order valence-electron chi connectivity index (χ4n) is 1.50. The van der Waals surface area contributed by atoms with Gasteiger partial charge in [0.05, 0.1) is 7.11 Å². The van der Waals surface area contributed by atoms with E-state index >= 15 is 0 Å². The molecule has 2 aromatic heterocycles. The second-order valence-electron chi connectivity index (χ2n) is 3.59. The third-order valence-corrected chi connectivity index (χ3v) is 2.33. The molecule has 2 aromatic rings. The zero-order valence-electron chi connectivity index (χ0n) is 9.19. The third-order valence-electron chi connectivity index (χ3n) is 2.33. The predicted octanol–water partition coefficient (Wildman–Crippen LogP) is 2.50. The first-order valence-electron chi connectivity index (χ1n) is 4.87. The Kier molecular flexibility index (Phi) is 2.46. The van der Waals surface area contributed by atoms with Gasteiger partial charge in [-0.15, -0.1) is 0 Å². The largest absolute Gasteiger partial charge is 0.481 e. The number of pyridine rings is 1. The second-order valence-corrected chi connectivity index (χ2v) is 3.59. The van der Waals surface area contributed by atoms with Crippen LogP contribution >= 0.6 is 0 Å². The number of hydrogen-bond donors (Lipinski definition) is 0. The molecule has 0 aromatic carbocycles.